The van der Waals surface area contributed by atoms with Gasteiger partial charge in [0.15, 0.2) is 0 Å². The highest BCUT2D eigenvalue weighted by molar-refractivity contribution is 6.03. The molecule has 1 aliphatic rings. The number of ether oxygens (including phenoxy) is 1. The van der Waals surface area contributed by atoms with Crippen molar-refractivity contribution in [3.8, 4) is 5.75 Å². The van der Waals surface area contributed by atoms with Crippen LogP contribution in [-0.4, -0.2) is 30.9 Å². The zero-order valence-electron chi connectivity index (χ0n) is 15.9. The van der Waals surface area contributed by atoms with Crippen LogP contribution in [-0.2, 0) is 14.4 Å². The highest BCUT2D eigenvalue weighted by Gasteiger charge is 2.35. The van der Waals surface area contributed by atoms with E-state index in [0.29, 0.717) is 24.5 Å². The molecule has 1 aliphatic heterocycles. The number of carbonyl (C=O) groups is 3. The van der Waals surface area contributed by atoms with E-state index in [1.54, 1.807) is 29.2 Å². The summed E-state index contributed by atoms with van der Waals surface area (Å²) in [5.41, 5.74) is 2.03. The second-order valence-corrected chi connectivity index (χ2v) is 6.58. The van der Waals surface area contributed by atoms with Gasteiger partial charge in [0.2, 0.25) is 17.7 Å². The fraction of sp³-hybridized carbons (Fsp3) is 0.286. The number of hydrogen-bond donors (Lipinski definition) is 2. The van der Waals surface area contributed by atoms with Crippen molar-refractivity contribution < 1.29 is 19.1 Å². The smallest absolute Gasteiger partial charge is 0.229 e. The Kier molecular flexibility index (Phi) is 5.93. The van der Waals surface area contributed by atoms with Crippen molar-refractivity contribution in [2.45, 2.75) is 20.3 Å². The highest BCUT2D eigenvalue weighted by atomic mass is 16.5. The quantitative estimate of drug-likeness (QED) is 0.805. The average Bonchev–Trinajstić information content (AvgIpc) is 3.06. The lowest BCUT2D eigenvalue weighted by Crippen LogP contribution is -2.28. The van der Waals surface area contributed by atoms with Gasteiger partial charge in [-0.2, -0.15) is 0 Å². The maximum atomic E-state index is 12.6. The third-order valence-electron chi connectivity index (χ3n) is 4.43. The summed E-state index contributed by atoms with van der Waals surface area (Å²) in [6.07, 6.45) is 0.170. The van der Waals surface area contributed by atoms with Gasteiger partial charge in [-0.15, -0.1) is 0 Å². The Morgan fingerprint density at radius 3 is 2.21 bits per heavy atom. The second kappa shape index (κ2) is 8.56. The normalized spacial score (nSPS) is 16.0. The molecule has 0 spiro atoms. The first kappa shape index (κ1) is 19.4. The Bertz CT molecular complexity index is 862. The molecule has 1 fully saturated rings. The van der Waals surface area contributed by atoms with Gasteiger partial charge in [-0.25, -0.2) is 0 Å². The van der Waals surface area contributed by atoms with Crippen molar-refractivity contribution >= 4 is 34.8 Å². The maximum Gasteiger partial charge on any atom is 0.229 e. The van der Waals surface area contributed by atoms with Gasteiger partial charge in [-0.3, -0.25) is 14.4 Å². The Balaban J connectivity index is 1.61. The van der Waals surface area contributed by atoms with E-state index < -0.39 is 5.92 Å². The van der Waals surface area contributed by atoms with Gasteiger partial charge >= 0.3 is 0 Å². The first-order valence-corrected chi connectivity index (χ1v) is 9.18. The second-order valence-electron chi connectivity index (χ2n) is 6.58. The van der Waals surface area contributed by atoms with Crippen LogP contribution in [0.4, 0.5) is 17.1 Å². The number of benzene rings is 2. The van der Waals surface area contributed by atoms with Gasteiger partial charge in [-0.1, -0.05) is 0 Å². The molecular weight excluding hydrogens is 358 g/mol. The van der Waals surface area contributed by atoms with Gasteiger partial charge in [0.1, 0.15) is 5.75 Å². The topological polar surface area (TPSA) is 87.7 Å². The Labute approximate surface area is 163 Å². The summed E-state index contributed by atoms with van der Waals surface area (Å²) in [5, 5.41) is 5.50. The number of amides is 3. The Hall–Kier alpha value is -3.35. The molecule has 1 unspecified atom stereocenters. The van der Waals surface area contributed by atoms with Crippen LogP contribution in [0.5, 0.6) is 5.75 Å². The van der Waals surface area contributed by atoms with E-state index >= 15 is 0 Å². The minimum absolute atomic E-state index is 0.0784. The van der Waals surface area contributed by atoms with Gasteiger partial charge in [0.05, 0.1) is 12.5 Å². The van der Waals surface area contributed by atoms with E-state index in [-0.39, 0.29) is 24.1 Å². The predicted molar refractivity (Wildman–Crippen MR) is 107 cm³/mol. The molecule has 1 saturated heterocycles. The zero-order valence-corrected chi connectivity index (χ0v) is 15.9. The fourth-order valence-corrected chi connectivity index (χ4v) is 3.11. The number of rotatable bonds is 6. The van der Waals surface area contributed by atoms with Crippen LogP contribution in [0.1, 0.15) is 20.3 Å². The van der Waals surface area contributed by atoms with Crippen LogP contribution >= 0.6 is 0 Å². The molecule has 1 heterocycles. The maximum absolute atomic E-state index is 12.6. The van der Waals surface area contributed by atoms with Crippen LogP contribution in [0.15, 0.2) is 48.5 Å². The van der Waals surface area contributed by atoms with Crippen LogP contribution < -0.4 is 20.3 Å². The molecule has 2 aromatic rings. The van der Waals surface area contributed by atoms with E-state index in [0.717, 1.165) is 11.4 Å². The first-order valence-electron chi connectivity index (χ1n) is 9.18. The van der Waals surface area contributed by atoms with Crippen molar-refractivity contribution in [2.75, 3.05) is 28.7 Å². The number of hydrogen-bond acceptors (Lipinski definition) is 4. The van der Waals surface area contributed by atoms with Crippen LogP contribution in [0.25, 0.3) is 0 Å². The monoisotopic (exact) mass is 381 g/mol. The van der Waals surface area contributed by atoms with Crippen LogP contribution in [0, 0.1) is 5.92 Å². The number of nitrogens with zero attached hydrogens (tertiary/aromatic N) is 1. The largest absolute Gasteiger partial charge is 0.494 e. The van der Waals surface area contributed by atoms with E-state index in [4.69, 9.17) is 4.74 Å². The van der Waals surface area contributed by atoms with E-state index in [9.17, 15) is 14.4 Å². The molecule has 7 nitrogen and oxygen atoms in total. The molecule has 3 amide bonds. The number of anilines is 3. The Morgan fingerprint density at radius 2 is 1.64 bits per heavy atom. The standard InChI is InChI=1S/C21H23N3O4/c1-3-28-19-10-8-18(9-11-19)24-13-15(12-20(24)26)21(27)23-17-6-4-16(5-7-17)22-14(2)25/h4-11,15H,3,12-13H2,1-2H3,(H,22,25)(H,23,27). The SMILES string of the molecule is CCOc1ccc(N2CC(C(=O)Nc3ccc(NC(C)=O)cc3)CC2=O)cc1. The summed E-state index contributed by atoms with van der Waals surface area (Å²) >= 11 is 0. The van der Waals surface area contributed by atoms with E-state index in [2.05, 4.69) is 10.6 Å². The van der Waals surface area contributed by atoms with Gasteiger partial charge in [-0.05, 0) is 55.5 Å². The lowest BCUT2D eigenvalue weighted by molar-refractivity contribution is -0.122. The molecule has 7 heteroatoms. The number of carbonyl (C=O) groups excluding carboxylic acids is 3. The molecule has 0 aliphatic carbocycles. The van der Waals surface area contributed by atoms with Crippen molar-refractivity contribution in [3.63, 3.8) is 0 Å². The average molecular weight is 381 g/mol. The van der Waals surface area contributed by atoms with E-state index in [1.165, 1.54) is 6.92 Å². The van der Waals surface area contributed by atoms with Crippen LogP contribution in [0.3, 0.4) is 0 Å². The summed E-state index contributed by atoms with van der Waals surface area (Å²) in [6, 6.07) is 14.1. The van der Waals surface area contributed by atoms with Gasteiger partial charge in [0, 0.05) is 37.0 Å². The highest BCUT2D eigenvalue weighted by Crippen LogP contribution is 2.27. The molecule has 2 aromatic carbocycles. The summed E-state index contributed by atoms with van der Waals surface area (Å²) in [7, 11) is 0. The lowest BCUT2D eigenvalue weighted by Gasteiger charge is -2.17. The molecule has 0 aromatic heterocycles. The predicted octanol–water partition coefficient (Wildman–Crippen LogP) is 3.04. The summed E-state index contributed by atoms with van der Waals surface area (Å²) in [4.78, 5) is 37.6. The molecule has 28 heavy (non-hydrogen) atoms. The van der Waals surface area contributed by atoms with Gasteiger partial charge < -0.3 is 20.3 Å². The van der Waals surface area contributed by atoms with Crippen molar-refractivity contribution in [2.24, 2.45) is 5.92 Å². The molecule has 1 atom stereocenters. The number of nitrogens with one attached hydrogen (secondary N) is 2. The zero-order chi connectivity index (χ0) is 20.1. The molecule has 0 radical (unpaired) electrons. The molecule has 146 valence electrons. The molecule has 3 rings (SSSR count). The minimum atomic E-state index is -0.422. The lowest BCUT2D eigenvalue weighted by atomic mass is 10.1. The summed E-state index contributed by atoms with van der Waals surface area (Å²) in [5.74, 6) is -0.112. The third-order valence-corrected chi connectivity index (χ3v) is 4.43. The summed E-state index contributed by atoms with van der Waals surface area (Å²) < 4.78 is 5.41. The molecular formula is C21H23N3O4. The third kappa shape index (κ3) is 4.68. The minimum Gasteiger partial charge on any atom is -0.494 e. The van der Waals surface area contributed by atoms with E-state index in [1.807, 2.05) is 31.2 Å². The molecule has 0 saturated carbocycles. The summed E-state index contributed by atoms with van der Waals surface area (Å²) in [6.45, 7) is 4.26. The molecule has 2 N–H and O–H groups in total. The van der Waals surface area contributed by atoms with Crippen LogP contribution in [0.2, 0.25) is 0 Å². The Morgan fingerprint density at radius 1 is 1.04 bits per heavy atom. The fourth-order valence-electron chi connectivity index (χ4n) is 3.11. The molecule has 0 bridgehead atoms. The van der Waals surface area contributed by atoms with Crippen molar-refractivity contribution in [1.29, 1.82) is 0 Å². The first-order chi connectivity index (χ1) is 13.5. The van der Waals surface area contributed by atoms with Gasteiger partial charge in [0.25, 0.3) is 0 Å². The van der Waals surface area contributed by atoms with Crippen molar-refractivity contribution in [3.05, 3.63) is 48.5 Å². The van der Waals surface area contributed by atoms with Crippen molar-refractivity contribution in [1.82, 2.24) is 0 Å².